The van der Waals surface area contributed by atoms with E-state index in [0.29, 0.717) is 0 Å². The Hall–Kier alpha value is -1.66. The highest BCUT2D eigenvalue weighted by Crippen LogP contribution is 2.34. The fraction of sp³-hybridized carbons (Fsp3) is 0.333. The molecule has 0 amide bonds. The van der Waals surface area contributed by atoms with Gasteiger partial charge < -0.3 is 5.11 Å². The molecule has 1 heterocycles. The van der Waals surface area contributed by atoms with Gasteiger partial charge in [0.2, 0.25) is 6.54 Å². The van der Waals surface area contributed by atoms with Gasteiger partial charge in [-0.1, -0.05) is 6.07 Å². The van der Waals surface area contributed by atoms with Crippen molar-refractivity contribution in [1.82, 2.24) is 0 Å². The van der Waals surface area contributed by atoms with Crippen LogP contribution in [0.1, 0.15) is 0 Å². The van der Waals surface area contributed by atoms with Crippen LogP contribution in [-0.2, 0) is 11.3 Å². The van der Waals surface area contributed by atoms with E-state index < -0.39 is 24.4 Å². The van der Waals surface area contributed by atoms with Crippen LogP contribution in [0.3, 0.4) is 0 Å². The van der Waals surface area contributed by atoms with Crippen LogP contribution < -0.4 is 4.57 Å². The molecule has 0 aromatic carbocycles. The van der Waals surface area contributed by atoms with Crippen molar-refractivity contribution in [2.75, 3.05) is 0 Å². The molecule has 0 radical (unpaired) electrons. The summed E-state index contributed by atoms with van der Waals surface area (Å²) >= 11 is 0. The van der Waals surface area contributed by atoms with Crippen LogP contribution >= 0.6 is 0 Å². The molecule has 0 aliphatic heterocycles. The summed E-state index contributed by atoms with van der Waals surface area (Å²) < 4.78 is 52.1. The van der Waals surface area contributed by atoms with Crippen LogP contribution in [0.2, 0.25) is 0 Å². The molecule has 0 atom stereocenters. The van der Waals surface area contributed by atoms with Crippen molar-refractivity contribution >= 4 is 5.97 Å². The molecular weight excluding hydrogens is 230 g/mol. The van der Waals surface area contributed by atoms with Crippen molar-refractivity contribution < 1.29 is 32.0 Å². The van der Waals surface area contributed by atoms with Gasteiger partial charge in [0, 0.05) is 12.1 Å². The molecule has 0 aliphatic carbocycles. The Labute approximate surface area is 87.9 Å². The second kappa shape index (κ2) is 4.07. The highest BCUT2D eigenvalue weighted by molar-refractivity contribution is 5.76. The smallest absolute Gasteiger partial charge is 0.410 e. The molecule has 0 fully saturated rings. The van der Waals surface area contributed by atoms with Crippen LogP contribution in [0.25, 0.3) is 0 Å². The first-order valence-corrected chi connectivity index (χ1v) is 4.20. The molecule has 0 saturated heterocycles. The quantitative estimate of drug-likeness (QED) is 0.635. The molecule has 1 rings (SSSR count). The molecule has 0 saturated carbocycles. The summed E-state index contributed by atoms with van der Waals surface area (Å²) in [6.45, 7) is -1.40. The molecule has 16 heavy (non-hydrogen) atoms. The summed E-state index contributed by atoms with van der Waals surface area (Å²) in [6.07, 6.45) is 2.29. The summed E-state index contributed by atoms with van der Waals surface area (Å²) in [4.78, 5) is 10.0. The van der Waals surface area contributed by atoms with Gasteiger partial charge in [0.1, 0.15) is 0 Å². The van der Waals surface area contributed by atoms with E-state index in [1.807, 2.05) is 0 Å². The predicted octanol–water partition coefficient (Wildman–Crippen LogP) is 1.33. The zero-order chi connectivity index (χ0) is 12.4. The molecule has 7 heteroatoms. The molecule has 1 aromatic heterocycles. The van der Waals surface area contributed by atoms with Crippen molar-refractivity contribution in [2.45, 2.75) is 18.4 Å². The maximum absolute atomic E-state index is 13.0. The molecule has 0 aliphatic rings. The van der Waals surface area contributed by atoms with E-state index >= 15 is 0 Å². The number of pyridine rings is 1. The Bertz CT molecular complexity index is 380. The molecule has 88 valence electrons. The Morgan fingerprint density at radius 2 is 1.62 bits per heavy atom. The fourth-order valence-electron chi connectivity index (χ4n) is 1.02. The third kappa shape index (κ3) is 2.29. The zero-order valence-electron chi connectivity index (χ0n) is 7.91. The van der Waals surface area contributed by atoms with Gasteiger partial charge in [-0.05, 0) is 0 Å². The molecule has 1 N–H and O–H groups in total. The Morgan fingerprint density at radius 1 is 1.12 bits per heavy atom. The van der Waals surface area contributed by atoms with Gasteiger partial charge in [-0.15, -0.1) is 0 Å². The normalized spacial score (nSPS) is 12.5. The first-order valence-electron chi connectivity index (χ1n) is 4.20. The standard InChI is InChI=1S/C9H7F4NO2/c10-8(11,9(12,13)7(15)16)6-14-4-2-1-3-5-14/h1-5H,6H2/p+1. The van der Waals surface area contributed by atoms with Gasteiger partial charge in [-0.3, -0.25) is 0 Å². The summed E-state index contributed by atoms with van der Waals surface area (Å²) in [6, 6.07) is 4.26. The van der Waals surface area contributed by atoms with E-state index in [-0.39, 0.29) is 0 Å². The van der Waals surface area contributed by atoms with Gasteiger partial charge in [-0.2, -0.15) is 22.1 Å². The van der Waals surface area contributed by atoms with Crippen LogP contribution in [0.15, 0.2) is 30.6 Å². The van der Waals surface area contributed by atoms with Crippen molar-refractivity contribution in [3.63, 3.8) is 0 Å². The van der Waals surface area contributed by atoms with Gasteiger partial charge in [0.15, 0.2) is 12.4 Å². The lowest BCUT2D eigenvalue weighted by atomic mass is 10.1. The summed E-state index contributed by atoms with van der Waals surface area (Å²) in [5, 5.41) is 8.02. The highest BCUT2D eigenvalue weighted by Gasteiger charge is 2.64. The number of hydrogen-bond acceptors (Lipinski definition) is 1. The Balaban J connectivity index is 2.92. The third-order valence-electron chi connectivity index (χ3n) is 1.89. The highest BCUT2D eigenvalue weighted by atomic mass is 19.3. The van der Waals surface area contributed by atoms with E-state index in [4.69, 9.17) is 5.11 Å². The lowest BCUT2D eigenvalue weighted by molar-refractivity contribution is -0.716. The number of aliphatic carboxylic acids is 1. The fourth-order valence-corrected chi connectivity index (χ4v) is 1.02. The average Bonchev–Trinajstić information content (AvgIpc) is 2.18. The van der Waals surface area contributed by atoms with Crippen LogP contribution in [0, 0.1) is 0 Å². The summed E-state index contributed by atoms with van der Waals surface area (Å²) in [5.74, 6) is -12.6. The Kier molecular flexibility index (Phi) is 3.16. The predicted molar refractivity (Wildman–Crippen MR) is 44.2 cm³/mol. The number of carboxylic acid groups (broad SMARTS) is 1. The van der Waals surface area contributed by atoms with E-state index in [0.717, 1.165) is 17.0 Å². The number of nitrogens with zero attached hydrogens (tertiary/aromatic N) is 1. The van der Waals surface area contributed by atoms with E-state index in [1.165, 1.54) is 18.2 Å². The van der Waals surface area contributed by atoms with E-state index in [9.17, 15) is 22.4 Å². The minimum Gasteiger partial charge on any atom is -0.477 e. The first-order chi connectivity index (χ1) is 7.27. The topological polar surface area (TPSA) is 41.2 Å². The lowest BCUT2D eigenvalue weighted by Crippen LogP contribution is -2.55. The largest absolute Gasteiger partial charge is 0.477 e. The zero-order valence-corrected chi connectivity index (χ0v) is 7.91. The first kappa shape index (κ1) is 12.4. The van der Waals surface area contributed by atoms with Gasteiger partial charge >= 0.3 is 17.8 Å². The molecule has 0 unspecified atom stereocenters. The SMILES string of the molecule is O=C(O)C(F)(F)C(F)(F)C[n+]1ccccc1. The number of carboxylic acids is 1. The summed E-state index contributed by atoms with van der Waals surface area (Å²) in [7, 11) is 0. The van der Waals surface area contributed by atoms with Crippen molar-refractivity contribution in [2.24, 2.45) is 0 Å². The number of carbonyl (C=O) groups is 1. The van der Waals surface area contributed by atoms with E-state index in [2.05, 4.69) is 0 Å². The monoisotopic (exact) mass is 238 g/mol. The summed E-state index contributed by atoms with van der Waals surface area (Å²) in [5.41, 5.74) is 0. The third-order valence-corrected chi connectivity index (χ3v) is 1.89. The maximum Gasteiger partial charge on any atom is 0.410 e. The Morgan fingerprint density at radius 3 is 2.06 bits per heavy atom. The average molecular weight is 238 g/mol. The number of alkyl halides is 4. The van der Waals surface area contributed by atoms with E-state index in [1.54, 1.807) is 0 Å². The maximum atomic E-state index is 13.0. The molecule has 0 spiro atoms. The minimum absolute atomic E-state index is 0.789. The van der Waals surface area contributed by atoms with Gasteiger partial charge in [0.25, 0.3) is 0 Å². The van der Waals surface area contributed by atoms with Crippen molar-refractivity contribution in [3.8, 4) is 0 Å². The second-order valence-corrected chi connectivity index (χ2v) is 3.13. The number of hydrogen-bond donors (Lipinski definition) is 1. The number of rotatable bonds is 4. The number of aromatic nitrogens is 1. The van der Waals surface area contributed by atoms with Crippen LogP contribution in [-0.4, -0.2) is 22.9 Å². The lowest BCUT2D eigenvalue weighted by Gasteiger charge is -2.19. The second-order valence-electron chi connectivity index (χ2n) is 3.13. The van der Waals surface area contributed by atoms with Crippen molar-refractivity contribution in [1.29, 1.82) is 0 Å². The van der Waals surface area contributed by atoms with Crippen LogP contribution in [0.4, 0.5) is 17.6 Å². The number of halogens is 4. The molecule has 1 aromatic rings. The minimum atomic E-state index is -5.09. The van der Waals surface area contributed by atoms with Crippen molar-refractivity contribution in [3.05, 3.63) is 30.6 Å². The van der Waals surface area contributed by atoms with Gasteiger partial charge in [0.05, 0.1) is 0 Å². The molecule has 0 bridgehead atoms. The molecular formula is C9H8F4NO2+. The van der Waals surface area contributed by atoms with Crippen LogP contribution in [0.5, 0.6) is 0 Å². The molecule has 3 nitrogen and oxygen atoms in total. The van der Waals surface area contributed by atoms with Gasteiger partial charge in [-0.25, -0.2) is 4.79 Å².